The highest BCUT2D eigenvalue weighted by molar-refractivity contribution is 6.39. The van der Waals surface area contributed by atoms with Crippen LogP contribution >= 0.6 is 23.2 Å². The molecule has 0 aliphatic heterocycles. The summed E-state index contributed by atoms with van der Waals surface area (Å²) < 4.78 is 7.17. The molecule has 2 aromatic rings. The van der Waals surface area contributed by atoms with Crippen LogP contribution in [0.25, 0.3) is 11.3 Å². The normalized spacial score (nSPS) is 10.7. The average molecular weight is 285 g/mol. The van der Waals surface area contributed by atoms with Gasteiger partial charge in [0, 0.05) is 12.6 Å². The van der Waals surface area contributed by atoms with Crippen molar-refractivity contribution < 1.29 is 4.74 Å². The van der Waals surface area contributed by atoms with Gasteiger partial charge in [0.15, 0.2) is 0 Å². The van der Waals surface area contributed by atoms with Crippen molar-refractivity contribution in [1.29, 1.82) is 0 Å². The molecule has 2 rings (SSSR count). The number of benzene rings is 1. The Kier molecular flexibility index (Phi) is 3.83. The van der Waals surface area contributed by atoms with Gasteiger partial charge in [0.25, 0.3) is 0 Å². The number of aromatic nitrogens is 2. The molecule has 0 fully saturated rings. The topological polar surface area (TPSA) is 27.1 Å². The van der Waals surface area contributed by atoms with E-state index in [0.29, 0.717) is 22.4 Å². The Hall–Kier alpha value is -1.19. The van der Waals surface area contributed by atoms with E-state index in [1.165, 1.54) is 0 Å². The summed E-state index contributed by atoms with van der Waals surface area (Å²) in [6.07, 6.45) is 0. The van der Waals surface area contributed by atoms with Gasteiger partial charge in [0.05, 0.1) is 28.0 Å². The molecule has 96 valence electrons. The van der Waals surface area contributed by atoms with Gasteiger partial charge in [-0.2, -0.15) is 5.10 Å². The molecule has 0 saturated heterocycles. The van der Waals surface area contributed by atoms with E-state index in [1.807, 2.05) is 27.0 Å². The van der Waals surface area contributed by atoms with Crippen molar-refractivity contribution in [1.82, 2.24) is 9.78 Å². The fourth-order valence-electron chi connectivity index (χ4n) is 1.89. The first-order chi connectivity index (χ1) is 8.52. The average Bonchev–Trinajstić information content (AvgIpc) is 2.57. The maximum absolute atomic E-state index is 6.28. The van der Waals surface area contributed by atoms with Gasteiger partial charge in [-0.25, -0.2) is 0 Å². The summed E-state index contributed by atoms with van der Waals surface area (Å²) in [6, 6.07) is 5.50. The largest absolute Gasteiger partial charge is 0.494 e. The molecule has 0 aliphatic carbocycles. The van der Waals surface area contributed by atoms with Crippen molar-refractivity contribution in [2.45, 2.75) is 13.8 Å². The van der Waals surface area contributed by atoms with Gasteiger partial charge >= 0.3 is 0 Å². The Balaban J connectivity index is 2.55. The van der Waals surface area contributed by atoms with E-state index in [2.05, 4.69) is 5.10 Å². The first-order valence-corrected chi connectivity index (χ1v) is 6.41. The van der Waals surface area contributed by atoms with E-state index in [1.54, 1.807) is 16.8 Å². The molecule has 0 bridgehead atoms. The maximum Gasteiger partial charge on any atom is 0.122 e. The molecule has 0 amide bonds. The van der Waals surface area contributed by atoms with E-state index in [0.717, 1.165) is 17.0 Å². The van der Waals surface area contributed by atoms with Gasteiger partial charge in [0.1, 0.15) is 5.75 Å². The van der Waals surface area contributed by atoms with Crippen molar-refractivity contribution in [2.75, 3.05) is 6.61 Å². The predicted octanol–water partition coefficient (Wildman–Crippen LogP) is 4.10. The SMILES string of the molecule is CCOc1cc(Cl)c(-c2cc(C)nn2C)c(Cl)c1. The number of hydrogen-bond acceptors (Lipinski definition) is 2. The van der Waals surface area contributed by atoms with E-state index in [4.69, 9.17) is 27.9 Å². The molecule has 0 unspecified atom stereocenters. The number of halogens is 2. The van der Waals surface area contributed by atoms with Crippen LogP contribution in [0, 0.1) is 6.92 Å². The molecular formula is C13H14Cl2N2O. The molecule has 5 heteroatoms. The lowest BCUT2D eigenvalue weighted by Gasteiger charge is -2.10. The van der Waals surface area contributed by atoms with E-state index in [9.17, 15) is 0 Å². The highest BCUT2D eigenvalue weighted by Crippen LogP contribution is 2.38. The lowest BCUT2D eigenvalue weighted by molar-refractivity contribution is 0.340. The van der Waals surface area contributed by atoms with Crippen LogP contribution < -0.4 is 4.74 Å². The van der Waals surface area contributed by atoms with Crippen molar-refractivity contribution in [3.8, 4) is 17.0 Å². The second kappa shape index (κ2) is 5.21. The molecule has 0 N–H and O–H groups in total. The summed E-state index contributed by atoms with van der Waals surface area (Å²) in [4.78, 5) is 0. The number of rotatable bonds is 3. The summed E-state index contributed by atoms with van der Waals surface area (Å²) >= 11 is 12.6. The zero-order valence-corrected chi connectivity index (χ0v) is 12.0. The fourth-order valence-corrected chi connectivity index (χ4v) is 2.55. The first-order valence-electron chi connectivity index (χ1n) is 5.65. The second-order valence-corrected chi connectivity index (χ2v) is 4.80. The lowest BCUT2D eigenvalue weighted by Crippen LogP contribution is -1.96. The van der Waals surface area contributed by atoms with Crippen molar-refractivity contribution >= 4 is 23.2 Å². The van der Waals surface area contributed by atoms with E-state index >= 15 is 0 Å². The van der Waals surface area contributed by atoms with Crippen LogP contribution in [0.1, 0.15) is 12.6 Å². The van der Waals surface area contributed by atoms with Gasteiger partial charge in [-0.15, -0.1) is 0 Å². The lowest BCUT2D eigenvalue weighted by atomic mass is 10.1. The van der Waals surface area contributed by atoms with Crippen molar-refractivity contribution in [2.24, 2.45) is 7.05 Å². The Morgan fingerprint density at radius 3 is 2.28 bits per heavy atom. The van der Waals surface area contributed by atoms with Crippen LogP contribution in [-0.4, -0.2) is 16.4 Å². The number of aryl methyl sites for hydroxylation is 2. The van der Waals surface area contributed by atoms with Crippen LogP contribution in [0.3, 0.4) is 0 Å². The number of hydrogen-bond donors (Lipinski definition) is 0. The zero-order chi connectivity index (χ0) is 13.3. The minimum absolute atomic E-state index is 0.564. The van der Waals surface area contributed by atoms with Crippen LogP contribution in [0.5, 0.6) is 5.75 Å². The predicted molar refractivity (Wildman–Crippen MR) is 74.6 cm³/mol. The number of nitrogens with zero attached hydrogens (tertiary/aromatic N) is 2. The molecule has 0 radical (unpaired) electrons. The summed E-state index contributed by atoms with van der Waals surface area (Å²) in [6.45, 7) is 4.43. The summed E-state index contributed by atoms with van der Waals surface area (Å²) in [5.41, 5.74) is 2.60. The van der Waals surface area contributed by atoms with Crippen molar-refractivity contribution in [3.63, 3.8) is 0 Å². The van der Waals surface area contributed by atoms with Crippen LogP contribution in [0.15, 0.2) is 18.2 Å². The zero-order valence-electron chi connectivity index (χ0n) is 10.5. The molecule has 0 spiro atoms. The van der Waals surface area contributed by atoms with Crippen LogP contribution in [0.2, 0.25) is 10.0 Å². The Bertz CT molecular complexity index is 555. The molecule has 3 nitrogen and oxygen atoms in total. The maximum atomic E-state index is 6.28. The highest BCUT2D eigenvalue weighted by Gasteiger charge is 2.15. The standard InChI is InChI=1S/C13H14Cl2N2O/c1-4-18-9-6-10(14)13(11(15)7-9)12-5-8(2)16-17(12)3/h5-7H,4H2,1-3H3. The monoisotopic (exact) mass is 284 g/mol. The molecular weight excluding hydrogens is 271 g/mol. The minimum atomic E-state index is 0.564. The summed E-state index contributed by atoms with van der Waals surface area (Å²) in [5, 5.41) is 5.42. The molecule has 0 aliphatic rings. The smallest absolute Gasteiger partial charge is 0.122 e. The van der Waals surface area contributed by atoms with Gasteiger partial charge in [-0.3, -0.25) is 4.68 Å². The molecule has 0 saturated carbocycles. The van der Waals surface area contributed by atoms with E-state index < -0.39 is 0 Å². The minimum Gasteiger partial charge on any atom is -0.494 e. The quantitative estimate of drug-likeness (QED) is 0.848. The first kappa shape index (κ1) is 13.2. The molecule has 1 aromatic heterocycles. The van der Waals surface area contributed by atoms with Gasteiger partial charge in [-0.1, -0.05) is 23.2 Å². The van der Waals surface area contributed by atoms with E-state index in [-0.39, 0.29) is 0 Å². The molecule has 1 heterocycles. The molecule has 1 aromatic carbocycles. The third-order valence-corrected chi connectivity index (χ3v) is 3.18. The highest BCUT2D eigenvalue weighted by atomic mass is 35.5. The van der Waals surface area contributed by atoms with Gasteiger partial charge in [-0.05, 0) is 32.0 Å². The third kappa shape index (κ3) is 2.47. The summed E-state index contributed by atoms with van der Waals surface area (Å²) in [7, 11) is 1.87. The molecule has 0 atom stereocenters. The summed E-state index contributed by atoms with van der Waals surface area (Å²) in [5.74, 6) is 0.676. The van der Waals surface area contributed by atoms with Gasteiger partial charge < -0.3 is 4.74 Å². The number of ether oxygens (including phenoxy) is 1. The molecule has 18 heavy (non-hydrogen) atoms. The van der Waals surface area contributed by atoms with Crippen LogP contribution in [-0.2, 0) is 7.05 Å². The Morgan fingerprint density at radius 1 is 1.22 bits per heavy atom. The fraction of sp³-hybridized carbons (Fsp3) is 0.308. The van der Waals surface area contributed by atoms with Crippen LogP contribution in [0.4, 0.5) is 0 Å². The third-order valence-electron chi connectivity index (χ3n) is 2.58. The Labute approximate surface area is 116 Å². The second-order valence-electron chi connectivity index (χ2n) is 3.99. The van der Waals surface area contributed by atoms with Crippen molar-refractivity contribution in [3.05, 3.63) is 33.9 Å². The Morgan fingerprint density at radius 2 is 1.83 bits per heavy atom. The van der Waals surface area contributed by atoms with Gasteiger partial charge in [0.2, 0.25) is 0 Å².